The lowest BCUT2D eigenvalue weighted by Crippen LogP contribution is -2.59. The Morgan fingerprint density at radius 1 is 1.00 bits per heavy atom. The Morgan fingerprint density at radius 2 is 1.50 bits per heavy atom. The van der Waals surface area contributed by atoms with Crippen LogP contribution >= 0.6 is 0 Å². The molecule has 1 N–H and O–H groups in total. The molecule has 2 aliphatic rings. The number of aliphatic hydroxyl groups is 1. The summed E-state index contributed by atoms with van der Waals surface area (Å²) >= 11 is 0. The molecule has 1 saturated heterocycles. The fourth-order valence-corrected chi connectivity index (χ4v) is 4.02. The standard InChI is InChI=1S/C15H29NO2/c1-13(2)9-16(10-14(3,4)18-13)11-15(12-17)7-5-6-8-15/h17H,5-12H2,1-4H3. The van der Waals surface area contributed by atoms with Gasteiger partial charge in [-0.25, -0.2) is 0 Å². The third-order valence-electron chi connectivity index (χ3n) is 4.32. The maximum atomic E-state index is 9.75. The van der Waals surface area contributed by atoms with Crippen LogP contribution in [0.4, 0.5) is 0 Å². The highest BCUT2D eigenvalue weighted by Gasteiger charge is 2.42. The van der Waals surface area contributed by atoms with E-state index in [-0.39, 0.29) is 16.6 Å². The lowest BCUT2D eigenvalue weighted by Gasteiger charge is -2.49. The summed E-state index contributed by atoms with van der Waals surface area (Å²) < 4.78 is 6.12. The summed E-state index contributed by atoms with van der Waals surface area (Å²) in [4.78, 5) is 2.50. The maximum Gasteiger partial charge on any atom is 0.0760 e. The van der Waals surface area contributed by atoms with Gasteiger partial charge in [-0.2, -0.15) is 0 Å². The first kappa shape index (κ1) is 14.3. The fraction of sp³-hybridized carbons (Fsp3) is 1.00. The summed E-state index contributed by atoms with van der Waals surface area (Å²) in [5.41, 5.74) is -0.0164. The van der Waals surface area contributed by atoms with Crippen molar-refractivity contribution in [3.63, 3.8) is 0 Å². The fourth-order valence-electron chi connectivity index (χ4n) is 4.02. The first-order valence-corrected chi connectivity index (χ1v) is 7.29. The Balaban J connectivity index is 2.04. The third kappa shape index (κ3) is 3.25. The van der Waals surface area contributed by atoms with Crippen molar-refractivity contribution in [3.05, 3.63) is 0 Å². The van der Waals surface area contributed by atoms with Crippen molar-refractivity contribution >= 4 is 0 Å². The second-order valence-corrected chi connectivity index (χ2v) is 7.63. The minimum atomic E-state index is -0.0863. The summed E-state index contributed by atoms with van der Waals surface area (Å²) in [7, 11) is 0. The molecule has 0 aromatic heterocycles. The minimum absolute atomic E-state index is 0.0863. The molecule has 2 fully saturated rings. The number of hydrogen-bond acceptors (Lipinski definition) is 3. The molecule has 1 saturated carbocycles. The van der Waals surface area contributed by atoms with E-state index in [0.29, 0.717) is 6.61 Å². The zero-order valence-electron chi connectivity index (χ0n) is 12.5. The van der Waals surface area contributed by atoms with Gasteiger partial charge in [0.25, 0.3) is 0 Å². The van der Waals surface area contributed by atoms with Crippen molar-refractivity contribution in [3.8, 4) is 0 Å². The van der Waals surface area contributed by atoms with E-state index in [1.54, 1.807) is 0 Å². The van der Waals surface area contributed by atoms with Gasteiger partial charge in [-0.05, 0) is 40.5 Å². The van der Waals surface area contributed by atoms with Gasteiger partial charge < -0.3 is 9.84 Å². The van der Waals surface area contributed by atoms with Crippen LogP contribution in [0.15, 0.2) is 0 Å². The zero-order valence-corrected chi connectivity index (χ0v) is 12.5. The highest BCUT2D eigenvalue weighted by molar-refractivity contribution is 4.94. The second kappa shape index (κ2) is 4.77. The molecule has 0 bridgehead atoms. The molecule has 0 radical (unpaired) electrons. The molecule has 1 aliphatic heterocycles. The van der Waals surface area contributed by atoms with Gasteiger partial charge in [0.1, 0.15) is 0 Å². The van der Waals surface area contributed by atoms with Crippen molar-refractivity contribution in [2.45, 2.75) is 64.6 Å². The molecule has 1 aliphatic carbocycles. The van der Waals surface area contributed by atoms with Gasteiger partial charge in [-0.1, -0.05) is 12.8 Å². The van der Waals surface area contributed by atoms with E-state index in [4.69, 9.17) is 4.74 Å². The number of ether oxygens (including phenoxy) is 1. The van der Waals surface area contributed by atoms with Crippen molar-refractivity contribution < 1.29 is 9.84 Å². The van der Waals surface area contributed by atoms with Gasteiger partial charge in [-0.15, -0.1) is 0 Å². The monoisotopic (exact) mass is 255 g/mol. The molecular formula is C15H29NO2. The Morgan fingerprint density at radius 3 is 1.94 bits per heavy atom. The van der Waals surface area contributed by atoms with Crippen molar-refractivity contribution in [2.24, 2.45) is 5.41 Å². The number of aliphatic hydroxyl groups excluding tert-OH is 1. The Labute approximate surface area is 112 Å². The average Bonchev–Trinajstić information content (AvgIpc) is 2.61. The number of rotatable bonds is 3. The first-order chi connectivity index (χ1) is 8.26. The maximum absolute atomic E-state index is 9.75. The first-order valence-electron chi connectivity index (χ1n) is 7.29. The van der Waals surface area contributed by atoms with Gasteiger partial charge in [0.15, 0.2) is 0 Å². The van der Waals surface area contributed by atoms with Gasteiger partial charge in [0.2, 0.25) is 0 Å². The highest BCUT2D eigenvalue weighted by atomic mass is 16.5. The second-order valence-electron chi connectivity index (χ2n) is 7.63. The van der Waals surface area contributed by atoms with Crippen LogP contribution in [0.5, 0.6) is 0 Å². The molecule has 0 atom stereocenters. The third-order valence-corrected chi connectivity index (χ3v) is 4.32. The summed E-state index contributed by atoms with van der Waals surface area (Å²) in [6.45, 7) is 12.0. The van der Waals surface area contributed by atoms with Gasteiger partial charge in [0.05, 0.1) is 11.2 Å². The molecule has 3 heteroatoms. The van der Waals surface area contributed by atoms with E-state index in [9.17, 15) is 5.11 Å². The Hall–Kier alpha value is -0.120. The van der Waals surface area contributed by atoms with Crippen LogP contribution in [0.2, 0.25) is 0 Å². The van der Waals surface area contributed by atoms with Crippen LogP contribution in [-0.2, 0) is 4.74 Å². The Bertz CT molecular complexity index is 277. The SMILES string of the molecule is CC1(C)CN(CC2(CO)CCCC2)CC(C)(C)O1. The molecule has 3 nitrogen and oxygen atoms in total. The average molecular weight is 255 g/mol. The smallest absolute Gasteiger partial charge is 0.0760 e. The van der Waals surface area contributed by atoms with Crippen LogP contribution < -0.4 is 0 Å². The van der Waals surface area contributed by atoms with Gasteiger partial charge >= 0.3 is 0 Å². The normalized spacial score (nSPS) is 30.5. The molecule has 0 unspecified atom stereocenters. The van der Waals surface area contributed by atoms with Crippen molar-refractivity contribution in [1.29, 1.82) is 0 Å². The van der Waals surface area contributed by atoms with E-state index >= 15 is 0 Å². The van der Waals surface area contributed by atoms with Gasteiger partial charge in [0, 0.05) is 31.7 Å². The molecule has 0 spiro atoms. The van der Waals surface area contributed by atoms with Crippen LogP contribution in [-0.4, -0.2) is 47.4 Å². The molecule has 106 valence electrons. The molecule has 0 amide bonds. The topological polar surface area (TPSA) is 32.7 Å². The molecule has 18 heavy (non-hydrogen) atoms. The van der Waals surface area contributed by atoms with Crippen molar-refractivity contribution in [2.75, 3.05) is 26.2 Å². The van der Waals surface area contributed by atoms with Crippen LogP contribution in [0.1, 0.15) is 53.4 Å². The molecule has 0 aromatic carbocycles. The lowest BCUT2D eigenvalue weighted by atomic mass is 9.85. The summed E-state index contributed by atoms with van der Waals surface area (Å²) in [6.07, 6.45) is 4.92. The highest BCUT2D eigenvalue weighted by Crippen LogP contribution is 2.40. The summed E-state index contributed by atoms with van der Waals surface area (Å²) in [5, 5.41) is 9.75. The lowest BCUT2D eigenvalue weighted by molar-refractivity contribution is -0.185. The number of nitrogens with zero attached hydrogens (tertiary/aromatic N) is 1. The van der Waals surface area contributed by atoms with E-state index in [1.165, 1.54) is 25.7 Å². The predicted octanol–water partition coefficient (Wildman–Crippen LogP) is 2.43. The van der Waals surface area contributed by atoms with E-state index in [2.05, 4.69) is 32.6 Å². The largest absolute Gasteiger partial charge is 0.396 e. The van der Waals surface area contributed by atoms with E-state index < -0.39 is 0 Å². The number of hydrogen-bond donors (Lipinski definition) is 1. The number of morpholine rings is 1. The molecule has 1 heterocycles. The Kier molecular flexibility index (Phi) is 3.79. The van der Waals surface area contributed by atoms with E-state index in [0.717, 1.165) is 19.6 Å². The zero-order chi connectivity index (χ0) is 13.4. The summed E-state index contributed by atoms with van der Waals surface area (Å²) in [6, 6.07) is 0. The molecular weight excluding hydrogens is 226 g/mol. The van der Waals surface area contributed by atoms with Crippen molar-refractivity contribution in [1.82, 2.24) is 4.90 Å². The van der Waals surface area contributed by atoms with Crippen LogP contribution in [0.25, 0.3) is 0 Å². The van der Waals surface area contributed by atoms with Crippen LogP contribution in [0, 0.1) is 5.41 Å². The van der Waals surface area contributed by atoms with Gasteiger partial charge in [-0.3, -0.25) is 4.90 Å². The summed E-state index contributed by atoms with van der Waals surface area (Å²) in [5.74, 6) is 0. The van der Waals surface area contributed by atoms with Crippen LogP contribution in [0.3, 0.4) is 0 Å². The molecule has 0 aromatic rings. The molecule has 2 rings (SSSR count). The minimum Gasteiger partial charge on any atom is -0.396 e. The predicted molar refractivity (Wildman–Crippen MR) is 73.7 cm³/mol. The van der Waals surface area contributed by atoms with E-state index in [1.807, 2.05) is 0 Å². The quantitative estimate of drug-likeness (QED) is 0.840.